The maximum absolute atomic E-state index is 11.9. The maximum atomic E-state index is 11.9. The first-order valence-corrected chi connectivity index (χ1v) is 7.47. The number of nitrogens with one attached hydrogen (secondary N) is 1. The zero-order valence-corrected chi connectivity index (χ0v) is 11.3. The smallest absolute Gasteiger partial charge is 0.394 e. The van der Waals surface area contributed by atoms with Crippen LogP contribution in [0.15, 0.2) is 30.3 Å². The third kappa shape index (κ3) is 3.56. The predicted molar refractivity (Wildman–Crippen MR) is 68.7 cm³/mol. The molecule has 2 rings (SSSR count). The van der Waals surface area contributed by atoms with Crippen LogP contribution in [0.4, 0.5) is 5.69 Å². The zero-order valence-electron chi connectivity index (χ0n) is 10.4. The van der Waals surface area contributed by atoms with Crippen molar-refractivity contribution in [2.24, 2.45) is 0 Å². The lowest BCUT2D eigenvalue weighted by atomic mass is 10.1. The summed E-state index contributed by atoms with van der Waals surface area (Å²) in [5.41, 5.74) is 0.352. The molecule has 20 heavy (non-hydrogen) atoms. The van der Waals surface area contributed by atoms with E-state index in [0.717, 1.165) is 0 Å². The van der Waals surface area contributed by atoms with Crippen LogP contribution in [0.3, 0.4) is 0 Å². The number of hydrogen-bond acceptors (Lipinski definition) is 6. The molecule has 0 amide bonds. The van der Waals surface area contributed by atoms with E-state index >= 15 is 0 Å². The monoisotopic (exact) mass is 305 g/mol. The van der Waals surface area contributed by atoms with Gasteiger partial charge in [0, 0.05) is 5.69 Å². The van der Waals surface area contributed by atoms with Crippen molar-refractivity contribution in [1.29, 1.82) is 0 Å². The van der Waals surface area contributed by atoms with Gasteiger partial charge < -0.3 is 24.9 Å². The van der Waals surface area contributed by atoms with Gasteiger partial charge in [-0.15, -0.1) is 0 Å². The van der Waals surface area contributed by atoms with Gasteiger partial charge in [-0.2, -0.15) is 0 Å². The molecule has 0 aromatic heterocycles. The molecule has 5 atom stereocenters. The average molecular weight is 305 g/mol. The summed E-state index contributed by atoms with van der Waals surface area (Å²) in [6, 6.07) is 8.18. The topological polar surface area (TPSA) is 128 Å². The second-order valence-electron chi connectivity index (χ2n) is 4.31. The quantitative estimate of drug-likeness (QED) is 0.467. The fourth-order valence-electron chi connectivity index (χ4n) is 1.80. The predicted octanol–water partition coefficient (Wildman–Crippen LogP) is -0.346. The summed E-state index contributed by atoms with van der Waals surface area (Å²) in [5, 5.41) is 30.3. The van der Waals surface area contributed by atoms with Crippen molar-refractivity contribution in [3.8, 4) is 0 Å². The molecule has 112 valence electrons. The van der Waals surface area contributed by atoms with Crippen LogP contribution >= 0.6 is 7.75 Å². The van der Waals surface area contributed by atoms with Gasteiger partial charge in [0.25, 0.3) is 0 Å². The molecule has 0 spiro atoms. The number of benzene rings is 1. The van der Waals surface area contributed by atoms with Crippen LogP contribution in [0, 0.1) is 0 Å². The largest absolute Gasteiger partial charge is 0.432 e. The molecule has 0 aliphatic carbocycles. The Hall–Kier alpha value is -0.990. The summed E-state index contributed by atoms with van der Waals surface area (Å²) in [4.78, 5) is 9.68. The van der Waals surface area contributed by atoms with Crippen molar-refractivity contribution in [2.45, 2.75) is 24.6 Å². The van der Waals surface area contributed by atoms with Crippen LogP contribution < -0.4 is 5.09 Å². The van der Waals surface area contributed by atoms with Crippen LogP contribution in [0.25, 0.3) is 0 Å². The SMILES string of the molecule is O=P(O)(Nc1ccccc1)OC1O[C@H](CO)[C@@H](O)[C@H]1O. The van der Waals surface area contributed by atoms with Crippen LogP contribution in [0.2, 0.25) is 0 Å². The second kappa shape index (κ2) is 6.19. The summed E-state index contributed by atoms with van der Waals surface area (Å²) >= 11 is 0. The lowest BCUT2D eigenvalue weighted by molar-refractivity contribution is -0.119. The summed E-state index contributed by atoms with van der Waals surface area (Å²) in [6.45, 7) is -0.542. The molecule has 0 saturated carbocycles. The standard InChI is InChI=1S/C11H16NO7P/c13-6-8-9(14)10(15)11(18-8)19-20(16,17)12-7-4-2-1-3-5-7/h1-5,8-11,13-15H,6H2,(H2,12,16,17)/t8-,9-,10-,11?/m1/s1. The van der Waals surface area contributed by atoms with E-state index in [1.54, 1.807) is 30.3 Å². The summed E-state index contributed by atoms with van der Waals surface area (Å²) < 4.78 is 21.6. The number of para-hydroxylation sites is 1. The number of aliphatic hydroxyl groups excluding tert-OH is 3. The maximum Gasteiger partial charge on any atom is 0.432 e. The van der Waals surface area contributed by atoms with E-state index in [4.69, 9.17) is 14.4 Å². The molecule has 1 aliphatic heterocycles. The second-order valence-corrected chi connectivity index (χ2v) is 5.79. The Kier molecular flexibility index (Phi) is 4.77. The van der Waals surface area contributed by atoms with E-state index in [1.165, 1.54) is 0 Å². The third-order valence-corrected chi connectivity index (χ3v) is 3.82. The normalized spacial score (nSPS) is 32.8. The minimum atomic E-state index is -4.29. The Bertz CT molecular complexity index is 485. The molecule has 1 aromatic carbocycles. The van der Waals surface area contributed by atoms with Crippen molar-refractivity contribution in [2.75, 3.05) is 11.7 Å². The molecule has 1 saturated heterocycles. The van der Waals surface area contributed by atoms with Crippen molar-refractivity contribution >= 4 is 13.4 Å². The van der Waals surface area contributed by atoms with Crippen molar-refractivity contribution in [3.63, 3.8) is 0 Å². The lowest BCUT2D eigenvalue weighted by Crippen LogP contribution is -2.34. The molecular formula is C11H16NO7P. The number of ether oxygens (including phenoxy) is 1. The van der Waals surface area contributed by atoms with E-state index < -0.39 is 39.0 Å². The molecule has 2 unspecified atom stereocenters. The van der Waals surface area contributed by atoms with Gasteiger partial charge in [0.05, 0.1) is 6.61 Å². The van der Waals surface area contributed by atoms with Crippen LogP contribution in [0.1, 0.15) is 0 Å². The van der Waals surface area contributed by atoms with Gasteiger partial charge in [-0.05, 0) is 12.1 Å². The number of anilines is 1. The number of hydrogen-bond donors (Lipinski definition) is 5. The first-order valence-electron chi connectivity index (χ1n) is 5.90. The lowest BCUT2D eigenvalue weighted by Gasteiger charge is -2.20. The number of aliphatic hydroxyl groups is 3. The molecular weight excluding hydrogens is 289 g/mol. The van der Waals surface area contributed by atoms with Gasteiger partial charge in [-0.3, -0.25) is 9.61 Å². The van der Waals surface area contributed by atoms with E-state index in [1.807, 2.05) is 0 Å². The highest BCUT2D eigenvalue weighted by Gasteiger charge is 2.46. The zero-order chi connectivity index (χ0) is 14.8. The molecule has 1 heterocycles. The van der Waals surface area contributed by atoms with Gasteiger partial charge in [0.15, 0.2) is 6.29 Å². The van der Waals surface area contributed by atoms with Gasteiger partial charge in [0.2, 0.25) is 0 Å². The fourth-order valence-corrected chi connectivity index (χ4v) is 2.78. The molecule has 9 heteroatoms. The molecule has 1 aliphatic rings. The van der Waals surface area contributed by atoms with Crippen LogP contribution in [-0.2, 0) is 13.8 Å². The Morgan fingerprint density at radius 3 is 2.45 bits per heavy atom. The Balaban J connectivity index is 2.00. The van der Waals surface area contributed by atoms with Crippen molar-refractivity contribution in [1.82, 2.24) is 0 Å². The van der Waals surface area contributed by atoms with Crippen LogP contribution in [0.5, 0.6) is 0 Å². The van der Waals surface area contributed by atoms with Gasteiger partial charge in [-0.1, -0.05) is 18.2 Å². The van der Waals surface area contributed by atoms with E-state index in [-0.39, 0.29) is 0 Å². The first-order chi connectivity index (χ1) is 9.43. The minimum absolute atomic E-state index is 0.352. The van der Waals surface area contributed by atoms with Crippen LogP contribution in [-0.4, -0.2) is 51.4 Å². The number of rotatable bonds is 5. The van der Waals surface area contributed by atoms with Gasteiger partial charge in [0.1, 0.15) is 18.3 Å². The molecule has 8 nitrogen and oxygen atoms in total. The first kappa shape index (κ1) is 15.4. The minimum Gasteiger partial charge on any atom is -0.394 e. The van der Waals surface area contributed by atoms with E-state index in [0.29, 0.717) is 5.69 Å². The molecule has 5 N–H and O–H groups in total. The molecule has 1 fully saturated rings. The fraction of sp³-hybridized carbons (Fsp3) is 0.455. The third-order valence-electron chi connectivity index (χ3n) is 2.79. The Morgan fingerprint density at radius 2 is 1.90 bits per heavy atom. The molecule has 1 aromatic rings. The van der Waals surface area contributed by atoms with Gasteiger partial charge >= 0.3 is 7.75 Å². The van der Waals surface area contributed by atoms with Crippen molar-refractivity contribution < 1.29 is 34.0 Å². The highest BCUT2D eigenvalue weighted by Crippen LogP contribution is 2.45. The van der Waals surface area contributed by atoms with Gasteiger partial charge in [-0.25, -0.2) is 4.57 Å². The Labute approximate surface area is 115 Å². The average Bonchev–Trinajstić information content (AvgIpc) is 2.66. The highest BCUT2D eigenvalue weighted by atomic mass is 31.2. The Morgan fingerprint density at radius 1 is 1.25 bits per heavy atom. The molecule has 0 radical (unpaired) electrons. The molecule has 0 bridgehead atoms. The van der Waals surface area contributed by atoms with Crippen molar-refractivity contribution in [3.05, 3.63) is 30.3 Å². The summed E-state index contributed by atoms with van der Waals surface area (Å²) in [5.74, 6) is 0. The summed E-state index contributed by atoms with van der Waals surface area (Å²) in [6.07, 6.45) is -5.48. The summed E-state index contributed by atoms with van der Waals surface area (Å²) in [7, 11) is -4.29. The highest BCUT2D eigenvalue weighted by molar-refractivity contribution is 7.54. The van der Waals surface area contributed by atoms with E-state index in [9.17, 15) is 19.7 Å². The van der Waals surface area contributed by atoms with E-state index in [2.05, 4.69) is 5.09 Å².